The average molecular weight is 353 g/mol. The highest BCUT2D eigenvalue weighted by Gasteiger charge is 2.12. The van der Waals surface area contributed by atoms with Gasteiger partial charge >= 0.3 is 0 Å². The third kappa shape index (κ3) is 3.92. The first kappa shape index (κ1) is 18.1. The molecule has 0 unspecified atom stereocenters. The third-order valence-electron chi connectivity index (χ3n) is 4.29. The number of aromatic nitrogens is 1. The Morgan fingerprint density at radius 1 is 0.962 bits per heavy atom. The smallest absolute Gasteiger partial charge is 0.240 e. The number of hydrogen-bond donors (Lipinski definition) is 2. The van der Waals surface area contributed by atoms with Crippen LogP contribution >= 0.6 is 0 Å². The van der Waals surface area contributed by atoms with Gasteiger partial charge in [-0.2, -0.15) is 0 Å². The van der Waals surface area contributed by atoms with Crippen molar-refractivity contribution in [2.45, 2.75) is 6.54 Å². The molecule has 0 radical (unpaired) electrons. The Bertz CT molecular complexity index is 905. The monoisotopic (exact) mass is 353 g/mol. The molecule has 0 fully saturated rings. The van der Waals surface area contributed by atoms with Gasteiger partial charge in [-0.1, -0.05) is 24.3 Å². The minimum Gasteiger partial charge on any atom is -0.383 e. The maximum absolute atomic E-state index is 12.7. The van der Waals surface area contributed by atoms with Crippen LogP contribution in [0.25, 0.3) is 21.8 Å². The van der Waals surface area contributed by atoms with Gasteiger partial charge in [-0.05, 0) is 24.3 Å². The molecule has 6 nitrogen and oxygen atoms in total. The standard InChI is InChI=1S/C20H23N3O3/c1-26-13-12-21-10-11-22-19(24)14-23-17-8-4-2-6-15(17)20(25)16-7-3-5-9-18(16)23/h2-9,21H,10-14H2,1H3,(H,22,24). The van der Waals surface area contributed by atoms with Crippen molar-refractivity contribution in [3.8, 4) is 0 Å². The molecule has 0 saturated carbocycles. The number of carbonyl (C=O) groups is 1. The number of ether oxygens (including phenoxy) is 1. The van der Waals surface area contributed by atoms with Gasteiger partial charge in [0.05, 0.1) is 17.6 Å². The van der Waals surface area contributed by atoms with E-state index in [1.807, 2.05) is 41.0 Å². The maximum atomic E-state index is 12.7. The highest BCUT2D eigenvalue weighted by atomic mass is 16.5. The van der Waals surface area contributed by atoms with E-state index in [4.69, 9.17) is 4.74 Å². The Morgan fingerprint density at radius 3 is 2.19 bits per heavy atom. The van der Waals surface area contributed by atoms with E-state index in [1.165, 1.54) is 0 Å². The normalized spacial score (nSPS) is 11.1. The molecule has 1 amide bonds. The van der Waals surface area contributed by atoms with E-state index < -0.39 is 0 Å². The molecule has 0 aliphatic heterocycles. The predicted molar refractivity (Wildman–Crippen MR) is 103 cm³/mol. The molecule has 6 heteroatoms. The van der Waals surface area contributed by atoms with E-state index in [-0.39, 0.29) is 17.9 Å². The molecule has 0 aliphatic rings. The predicted octanol–water partition coefficient (Wildman–Crippen LogP) is 1.51. The number of para-hydroxylation sites is 2. The Balaban J connectivity index is 1.81. The van der Waals surface area contributed by atoms with Gasteiger partial charge in [-0.3, -0.25) is 9.59 Å². The molecule has 1 heterocycles. The summed E-state index contributed by atoms with van der Waals surface area (Å²) in [5, 5.41) is 7.35. The van der Waals surface area contributed by atoms with Gasteiger partial charge in [0.1, 0.15) is 6.54 Å². The number of nitrogens with one attached hydrogen (secondary N) is 2. The van der Waals surface area contributed by atoms with E-state index in [0.29, 0.717) is 30.5 Å². The first-order valence-electron chi connectivity index (χ1n) is 8.69. The molecule has 3 aromatic rings. The van der Waals surface area contributed by atoms with E-state index in [1.54, 1.807) is 19.2 Å². The van der Waals surface area contributed by atoms with Crippen molar-refractivity contribution in [1.82, 2.24) is 15.2 Å². The van der Waals surface area contributed by atoms with Crippen LogP contribution < -0.4 is 16.1 Å². The largest absolute Gasteiger partial charge is 0.383 e. The summed E-state index contributed by atoms with van der Waals surface area (Å²) in [7, 11) is 1.66. The van der Waals surface area contributed by atoms with Crippen LogP contribution in [-0.4, -0.2) is 43.8 Å². The molecule has 2 N–H and O–H groups in total. The van der Waals surface area contributed by atoms with Crippen LogP contribution in [0.1, 0.15) is 0 Å². The number of benzene rings is 2. The fraction of sp³-hybridized carbons (Fsp3) is 0.300. The number of fused-ring (bicyclic) bond motifs is 2. The number of rotatable bonds is 8. The van der Waals surface area contributed by atoms with Crippen LogP contribution in [0.4, 0.5) is 0 Å². The lowest BCUT2D eigenvalue weighted by molar-refractivity contribution is -0.121. The van der Waals surface area contributed by atoms with E-state index >= 15 is 0 Å². The molecule has 0 aliphatic carbocycles. The Morgan fingerprint density at radius 2 is 1.58 bits per heavy atom. The highest BCUT2D eigenvalue weighted by molar-refractivity contribution is 5.94. The Kier molecular flexibility index (Phi) is 5.99. The molecule has 26 heavy (non-hydrogen) atoms. The topological polar surface area (TPSA) is 72.4 Å². The number of nitrogens with zero attached hydrogens (tertiary/aromatic N) is 1. The summed E-state index contributed by atoms with van der Waals surface area (Å²) in [4.78, 5) is 25.1. The molecule has 0 atom stereocenters. The molecule has 0 bridgehead atoms. The lowest BCUT2D eigenvalue weighted by Gasteiger charge is -2.15. The number of carbonyl (C=O) groups excluding carboxylic acids is 1. The molecule has 0 saturated heterocycles. The van der Waals surface area contributed by atoms with Crippen LogP contribution in [-0.2, 0) is 16.1 Å². The molecule has 1 aromatic heterocycles. The van der Waals surface area contributed by atoms with E-state index in [2.05, 4.69) is 10.6 Å². The van der Waals surface area contributed by atoms with Crippen LogP contribution in [0.5, 0.6) is 0 Å². The highest BCUT2D eigenvalue weighted by Crippen LogP contribution is 2.18. The molecule has 3 rings (SSSR count). The minimum atomic E-state index is -0.0857. The maximum Gasteiger partial charge on any atom is 0.240 e. The molecular formula is C20H23N3O3. The zero-order valence-electron chi connectivity index (χ0n) is 14.8. The van der Waals surface area contributed by atoms with Crippen molar-refractivity contribution in [3.63, 3.8) is 0 Å². The SMILES string of the molecule is COCCNCCNC(=O)Cn1c2ccccc2c(=O)c2ccccc21. The summed E-state index contributed by atoms with van der Waals surface area (Å²) < 4.78 is 6.86. The van der Waals surface area contributed by atoms with Crippen LogP contribution in [0, 0.1) is 0 Å². The number of pyridine rings is 1. The zero-order valence-corrected chi connectivity index (χ0v) is 14.8. The zero-order chi connectivity index (χ0) is 18.4. The lowest BCUT2D eigenvalue weighted by atomic mass is 10.1. The molecule has 0 spiro atoms. The van der Waals surface area contributed by atoms with Gasteiger partial charge in [-0.15, -0.1) is 0 Å². The van der Waals surface area contributed by atoms with Crippen LogP contribution in [0.15, 0.2) is 53.3 Å². The second-order valence-electron chi connectivity index (χ2n) is 6.04. The number of methoxy groups -OCH3 is 1. The summed E-state index contributed by atoms with van der Waals surface area (Å²) in [6.07, 6.45) is 0. The Hall–Kier alpha value is -2.70. The fourth-order valence-electron chi connectivity index (χ4n) is 3.04. The quantitative estimate of drug-likeness (QED) is 0.476. The average Bonchev–Trinajstić information content (AvgIpc) is 2.68. The summed E-state index contributed by atoms with van der Waals surface area (Å²) in [6, 6.07) is 14.8. The third-order valence-corrected chi connectivity index (χ3v) is 4.29. The lowest BCUT2D eigenvalue weighted by Crippen LogP contribution is -2.35. The van der Waals surface area contributed by atoms with E-state index in [0.717, 1.165) is 17.6 Å². The van der Waals surface area contributed by atoms with Gasteiger partial charge in [-0.25, -0.2) is 0 Å². The first-order chi connectivity index (χ1) is 12.7. The summed E-state index contributed by atoms with van der Waals surface area (Å²) in [5.41, 5.74) is 1.53. The van der Waals surface area contributed by atoms with Crippen molar-refractivity contribution >= 4 is 27.7 Å². The van der Waals surface area contributed by atoms with Crippen LogP contribution in [0.3, 0.4) is 0 Å². The molecule has 136 valence electrons. The van der Waals surface area contributed by atoms with Crippen LogP contribution in [0.2, 0.25) is 0 Å². The van der Waals surface area contributed by atoms with Crippen molar-refractivity contribution in [3.05, 3.63) is 58.8 Å². The van der Waals surface area contributed by atoms with E-state index in [9.17, 15) is 9.59 Å². The van der Waals surface area contributed by atoms with Crippen molar-refractivity contribution < 1.29 is 9.53 Å². The van der Waals surface area contributed by atoms with Crippen molar-refractivity contribution in [2.75, 3.05) is 33.4 Å². The van der Waals surface area contributed by atoms with Gasteiger partial charge in [0.25, 0.3) is 0 Å². The summed E-state index contributed by atoms with van der Waals surface area (Å²) in [6.45, 7) is 2.78. The number of amides is 1. The second kappa shape index (κ2) is 8.60. The molecular weight excluding hydrogens is 330 g/mol. The van der Waals surface area contributed by atoms with Crippen molar-refractivity contribution in [2.24, 2.45) is 0 Å². The molecule has 2 aromatic carbocycles. The fourth-order valence-corrected chi connectivity index (χ4v) is 3.04. The Labute approximate surface area is 151 Å². The second-order valence-corrected chi connectivity index (χ2v) is 6.04. The summed E-state index contributed by atoms with van der Waals surface area (Å²) in [5.74, 6) is -0.0857. The van der Waals surface area contributed by atoms with Gasteiger partial charge in [0.2, 0.25) is 5.91 Å². The minimum absolute atomic E-state index is 0.00444. The number of hydrogen-bond acceptors (Lipinski definition) is 4. The van der Waals surface area contributed by atoms with Gasteiger partial charge < -0.3 is 19.9 Å². The van der Waals surface area contributed by atoms with Gasteiger partial charge in [0.15, 0.2) is 5.43 Å². The first-order valence-corrected chi connectivity index (χ1v) is 8.69. The van der Waals surface area contributed by atoms with Crippen molar-refractivity contribution in [1.29, 1.82) is 0 Å². The summed E-state index contributed by atoms with van der Waals surface area (Å²) >= 11 is 0. The van der Waals surface area contributed by atoms with Gasteiger partial charge in [0, 0.05) is 37.5 Å².